The van der Waals surface area contributed by atoms with Crippen LogP contribution in [0.4, 0.5) is 13.2 Å². The number of nitrogens with two attached hydrogens (primary N) is 1. The third-order valence-corrected chi connectivity index (χ3v) is 8.24. The van der Waals surface area contributed by atoms with Gasteiger partial charge in [-0.15, -0.1) is 0 Å². The van der Waals surface area contributed by atoms with E-state index in [1.165, 1.54) is 19.0 Å². The first-order chi connectivity index (χ1) is 18.2. The van der Waals surface area contributed by atoms with Crippen molar-refractivity contribution in [1.82, 2.24) is 10.2 Å². The Kier molecular flexibility index (Phi) is 7.05. The van der Waals surface area contributed by atoms with Crippen LogP contribution in [0.3, 0.4) is 0 Å². The number of aliphatic hydroxyl groups is 1. The maximum Gasteiger partial charge on any atom is 0.417 e. The van der Waals surface area contributed by atoms with E-state index in [0.29, 0.717) is 0 Å². The number of benzene rings is 1. The zero-order valence-corrected chi connectivity index (χ0v) is 22.7. The van der Waals surface area contributed by atoms with E-state index in [4.69, 9.17) is 5.73 Å². The minimum absolute atomic E-state index is 0.275. The molecule has 0 bridgehead atoms. The first-order valence-corrected chi connectivity index (χ1v) is 12.8. The number of rotatable bonds is 4. The minimum Gasteiger partial charge on any atom is -0.507 e. The summed E-state index contributed by atoms with van der Waals surface area (Å²) in [6, 6.07) is -0.515. The SMILES string of the molecule is CN(C)[C@@H]1C(=O)C(C(N)=O)C(=O)[C@@]2(O)C(=O)C3C(=O)c4c(O)cc(CNC(C)(C)C)c(C(F)(F)F)c4C[C@H]3C[C@@H]12. The number of phenols is 1. The Morgan fingerprint density at radius 3 is 2.25 bits per heavy atom. The lowest BCUT2D eigenvalue weighted by Gasteiger charge is -2.52. The second-order valence-corrected chi connectivity index (χ2v) is 12.2. The molecule has 6 atom stereocenters. The number of Topliss-reactive ketones (excluding diaryl/α,β-unsaturated/α-hetero) is 4. The number of likely N-dealkylation sites (N-methyl/N-ethyl adjacent to an activating group) is 1. The molecule has 2 unspecified atom stereocenters. The van der Waals surface area contributed by atoms with Crippen LogP contribution in [0.1, 0.15) is 54.2 Å². The van der Waals surface area contributed by atoms with Crippen LogP contribution in [0, 0.1) is 23.7 Å². The molecule has 0 aliphatic heterocycles. The van der Waals surface area contributed by atoms with Gasteiger partial charge in [-0.1, -0.05) is 0 Å². The smallest absolute Gasteiger partial charge is 0.417 e. The largest absolute Gasteiger partial charge is 0.507 e. The summed E-state index contributed by atoms with van der Waals surface area (Å²) in [7, 11) is 2.84. The summed E-state index contributed by atoms with van der Waals surface area (Å²) >= 11 is 0. The summed E-state index contributed by atoms with van der Waals surface area (Å²) in [5.74, 6) is -13.4. The number of phenolic OH excluding ortho intramolecular Hbond substituents is 1. The van der Waals surface area contributed by atoms with E-state index in [0.717, 1.165) is 6.07 Å². The number of primary amides is 1. The predicted octanol–water partition coefficient (Wildman–Crippen LogP) is 0.774. The number of halogens is 3. The van der Waals surface area contributed by atoms with Crippen molar-refractivity contribution >= 4 is 29.0 Å². The molecular weight excluding hydrogens is 535 g/mol. The van der Waals surface area contributed by atoms with Crippen molar-refractivity contribution in [2.75, 3.05) is 14.1 Å². The van der Waals surface area contributed by atoms with Crippen molar-refractivity contribution in [1.29, 1.82) is 0 Å². The van der Waals surface area contributed by atoms with Crippen molar-refractivity contribution in [3.63, 3.8) is 0 Å². The van der Waals surface area contributed by atoms with Gasteiger partial charge >= 0.3 is 6.18 Å². The number of nitrogens with one attached hydrogen (secondary N) is 1. The number of fused-ring (bicyclic) bond motifs is 3. The normalized spacial score (nSPS) is 30.7. The molecule has 10 nitrogen and oxygen atoms in total. The number of nitrogens with zero attached hydrogens (tertiary/aromatic N) is 1. The zero-order chi connectivity index (χ0) is 30.3. The average molecular weight is 568 g/mol. The molecule has 13 heteroatoms. The molecule has 1 aromatic rings. The predicted molar refractivity (Wildman–Crippen MR) is 133 cm³/mol. The van der Waals surface area contributed by atoms with E-state index >= 15 is 0 Å². The number of amides is 1. The summed E-state index contributed by atoms with van der Waals surface area (Å²) in [4.78, 5) is 67.2. The Morgan fingerprint density at radius 1 is 1.15 bits per heavy atom. The Bertz CT molecular complexity index is 1330. The molecule has 0 aromatic heterocycles. The highest BCUT2D eigenvalue weighted by Gasteiger charge is 2.69. The molecule has 218 valence electrons. The van der Waals surface area contributed by atoms with Gasteiger partial charge in [0.15, 0.2) is 34.7 Å². The molecule has 0 heterocycles. The van der Waals surface area contributed by atoms with Crippen molar-refractivity contribution < 1.29 is 47.4 Å². The standard InChI is InChI=1S/C27H32F3N3O7/c1-25(2,3)32-9-11-8-14(34)16-12(18(11)27(28,29)30)6-10-7-13-19(33(4)5)21(36)17(24(31)39)23(38)26(13,40)22(37)15(10)20(16)35/h8,10,13,15,17,19,32,34,40H,6-7,9H2,1-5H3,(H2,31,39)/t10-,13-,15?,17?,19-,26-/m0/s1. The monoisotopic (exact) mass is 567 g/mol. The lowest BCUT2D eigenvalue weighted by molar-refractivity contribution is -0.181. The van der Waals surface area contributed by atoms with E-state index in [-0.39, 0.29) is 18.5 Å². The Labute approximate surface area is 228 Å². The van der Waals surface area contributed by atoms with Crippen molar-refractivity contribution in [2.24, 2.45) is 29.4 Å². The van der Waals surface area contributed by atoms with Gasteiger partial charge in [-0.25, -0.2) is 0 Å². The van der Waals surface area contributed by atoms with Crippen molar-refractivity contribution in [2.45, 2.75) is 63.5 Å². The van der Waals surface area contributed by atoms with Crippen molar-refractivity contribution in [3.8, 4) is 5.75 Å². The molecular formula is C27H32F3N3O7. The molecule has 1 amide bonds. The molecule has 2 fully saturated rings. The van der Waals surface area contributed by atoms with Crippen LogP contribution in [0.15, 0.2) is 6.07 Å². The maximum absolute atomic E-state index is 14.5. The van der Waals surface area contributed by atoms with Crippen LogP contribution in [0.25, 0.3) is 0 Å². The van der Waals surface area contributed by atoms with Crippen LogP contribution in [-0.4, -0.2) is 75.4 Å². The van der Waals surface area contributed by atoms with Gasteiger partial charge in [-0.05, 0) is 70.8 Å². The van der Waals surface area contributed by atoms with Crippen LogP contribution < -0.4 is 11.1 Å². The third kappa shape index (κ3) is 4.44. The van der Waals surface area contributed by atoms with E-state index in [1.807, 2.05) is 0 Å². The topological polar surface area (TPSA) is 167 Å². The zero-order valence-electron chi connectivity index (χ0n) is 22.7. The summed E-state index contributed by atoms with van der Waals surface area (Å²) in [5.41, 5.74) is -0.820. The molecule has 0 radical (unpaired) electrons. The summed E-state index contributed by atoms with van der Waals surface area (Å²) in [6.45, 7) is 4.97. The fourth-order valence-electron chi connectivity index (χ4n) is 6.60. The number of ketones is 4. The van der Waals surface area contributed by atoms with Gasteiger partial charge < -0.3 is 21.3 Å². The highest BCUT2D eigenvalue weighted by Crippen LogP contribution is 2.52. The van der Waals surface area contributed by atoms with Gasteiger partial charge in [0.2, 0.25) is 5.91 Å². The Morgan fingerprint density at radius 2 is 1.75 bits per heavy atom. The van der Waals surface area contributed by atoms with Gasteiger partial charge in [-0.2, -0.15) is 13.2 Å². The first-order valence-electron chi connectivity index (χ1n) is 12.8. The van der Waals surface area contributed by atoms with Gasteiger partial charge in [0.05, 0.1) is 23.1 Å². The first kappa shape index (κ1) is 29.8. The second-order valence-electron chi connectivity index (χ2n) is 12.2. The molecule has 0 spiro atoms. The number of hydrogen-bond donors (Lipinski definition) is 4. The maximum atomic E-state index is 14.5. The molecule has 4 rings (SSSR count). The highest BCUT2D eigenvalue weighted by molar-refractivity contribution is 6.32. The molecule has 0 saturated heterocycles. The lowest BCUT2D eigenvalue weighted by Crippen LogP contribution is -2.74. The number of aromatic hydroxyl groups is 1. The van der Waals surface area contributed by atoms with Gasteiger partial charge in [0, 0.05) is 18.0 Å². The van der Waals surface area contributed by atoms with Crippen LogP contribution in [0.2, 0.25) is 0 Å². The van der Waals surface area contributed by atoms with Gasteiger partial charge in [0.25, 0.3) is 0 Å². The number of carbonyl (C=O) groups excluding carboxylic acids is 5. The Hall–Kier alpha value is -3.16. The van der Waals surface area contributed by atoms with Gasteiger partial charge in [-0.3, -0.25) is 28.9 Å². The van der Waals surface area contributed by atoms with Crippen LogP contribution in [-0.2, 0) is 38.3 Å². The second kappa shape index (κ2) is 9.45. The molecule has 40 heavy (non-hydrogen) atoms. The number of carbonyl (C=O) groups is 5. The Balaban J connectivity index is 1.89. The molecule has 3 aliphatic carbocycles. The number of hydrogen-bond acceptors (Lipinski definition) is 9. The quantitative estimate of drug-likeness (QED) is 0.384. The minimum atomic E-state index is -4.92. The fraction of sp³-hybridized carbons (Fsp3) is 0.593. The van der Waals surface area contributed by atoms with Crippen LogP contribution in [0.5, 0.6) is 5.75 Å². The van der Waals surface area contributed by atoms with E-state index in [2.05, 4.69) is 5.32 Å². The van der Waals surface area contributed by atoms with E-state index in [9.17, 15) is 47.4 Å². The average Bonchev–Trinajstić information content (AvgIpc) is 2.78. The highest BCUT2D eigenvalue weighted by atomic mass is 19.4. The van der Waals surface area contributed by atoms with Crippen molar-refractivity contribution in [3.05, 3.63) is 28.3 Å². The summed E-state index contributed by atoms with van der Waals surface area (Å²) in [6.07, 6.45) is -5.74. The molecule has 2 saturated carbocycles. The van der Waals surface area contributed by atoms with Gasteiger partial charge in [0.1, 0.15) is 5.75 Å². The summed E-state index contributed by atoms with van der Waals surface area (Å²) < 4.78 is 43.4. The van der Waals surface area contributed by atoms with Crippen LogP contribution >= 0.6 is 0 Å². The van der Waals surface area contributed by atoms with E-state index in [1.54, 1.807) is 20.8 Å². The molecule has 3 aliphatic rings. The molecule has 5 N–H and O–H groups in total. The third-order valence-electron chi connectivity index (χ3n) is 8.24. The fourth-order valence-corrected chi connectivity index (χ4v) is 6.60. The van der Waals surface area contributed by atoms with E-state index < -0.39 is 105 Å². The number of alkyl halides is 3. The molecule has 1 aromatic carbocycles. The summed E-state index contributed by atoms with van der Waals surface area (Å²) in [5, 5.41) is 25.2. The lowest BCUT2D eigenvalue weighted by atomic mass is 9.52.